The average Bonchev–Trinajstić information content (AvgIpc) is 3.32. The lowest BCUT2D eigenvalue weighted by atomic mass is 10.1. The molecule has 0 aliphatic heterocycles. The van der Waals surface area contributed by atoms with E-state index < -0.39 is 28.3 Å². The molecule has 0 saturated heterocycles. The maximum atomic E-state index is 13.1. The highest BCUT2D eigenvalue weighted by Crippen LogP contribution is 2.34. The lowest BCUT2D eigenvalue weighted by Crippen LogP contribution is -2.30. The second-order valence-corrected chi connectivity index (χ2v) is 10.6. The molecule has 0 aliphatic rings. The van der Waals surface area contributed by atoms with Crippen molar-refractivity contribution in [2.24, 2.45) is 0 Å². The molecule has 4 aromatic rings. The number of ether oxygens (including phenoxy) is 1. The predicted molar refractivity (Wildman–Crippen MR) is 142 cm³/mol. The maximum absolute atomic E-state index is 13.1. The fourth-order valence-electron chi connectivity index (χ4n) is 3.66. The first-order chi connectivity index (χ1) is 19.0. The lowest BCUT2D eigenvalue weighted by molar-refractivity contribution is -0.274. The van der Waals surface area contributed by atoms with Gasteiger partial charge in [0.2, 0.25) is 0 Å². The van der Waals surface area contributed by atoms with Gasteiger partial charge in [-0.1, -0.05) is 18.2 Å². The second-order valence-electron chi connectivity index (χ2n) is 8.29. The third kappa shape index (κ3) is 7.13. The zero-order valence-corrected chi connectivity index (χ0v) is 22.3. The number of hydrogen-bond donors (Lipinski definition) is 2. The zero-order chi connectivity index (χ0) is 28.9. The number of carbonyl (C=O) groups excluding carboxylic acids is 1. The summed E-state index contributed by atoms with van der Waals surface area (Å²) in [6.45, 7) is 1.81. The Morgan fingerprint density at radius 2 is 1.85 bits per heavy atom. The van der Waals surface area contributed by atoms with Gasteiger partial charge in [0.1, 0.15) is 11.4 Å². The number of pyridine rings is 1. The average molecular weight is 588 g/mol. The number of aryl methyl sites for hydroxylation is 1. The molecular formula is C26H20F3N5O4S2. The Morgan fingerprint density at radius 3 is 2.42 bits per heavy atom. The van der Waals surface area contributed by atoms with Gasteiger partial charge in [0, 0.05) is 28.5 Å². The van der Waals surface area contributed by atoms with E-state index in [4.69, 9.17) is 5.26 Å². The Morgan fingerprint density at radius 1 is 1.15 bits per heavy atom. The van der Waals surface area contributed by atoms with Crippen LogP contribution in [0.4, 0.5) is 24.0 Å². The highest BCUT2D eigenvalue weighted by molar-refractivity contribution is 7.72. The van der Waals surface area contributed by atoms with Gasteiger partial charge in [-0.05, 0) is 55.0 Å². The number of alkyl halides is 3. The molecular weight excluding hydrogens is 567 g/mol. The van der Waals surface area contributed by atoms with Crippen LogP contribution in [-0.2, 0) is 17.2 Å². The molecule has 9 nitrogen and oxygen atoms in total. The number of aromatic nitrogens is 2. The number of nitrogens with one attached hydrogen (secondary N) is 1. The standard InChI is InChI=1S/C26H20F3N5O4S2/c1-16-22(23(35)33-24(40(36)37)19-3-2-12-31-14-19)32-25(39-16)34(20-8-4-17(13-30)5-9-20)15-18-6-10-21(11-7-18)38-26(27,28)29/h2-12,14,24,40H,15H2,1H3,(H,33,35). The SMILES string of the molecule is Cc1sc(N(Cc2ccc(OC(F)(F)F)cc2)c2ccc(C#N)cc2)nc1C(=O)NC(c1cccnc1)[SH](=O)=O. The molecule has 4 rings (SSSR count). The number of carbonyl (C=O) groups is 1. The summed E-state index contributed by atoms with van der Waals surface area (Å²) in [6, 6.07) is 17.0. The van der Waals surface area contributed by atoms with E-state index in [9.17, 15) is 26.4 Å². The summed E-state index contributed by atoms with van der Waals surface area (Å²) in [5, 5.41) is 10.7. The van der Waals surface area contributed by atoms with Crippen LogP contribution in [0.15, 0.2) is 73.1 Å². The van der Waals surface area contributed by atoms with Crippen molar-refractivity contribution in [1.82, 2.24) is 15.3 Å². The summed E-state index contributed by atoms with van der Waals surface area (Å²) in [5.41, 5.74) is 1.93. The fourth-order valence-corrected chi connectivity index (χ4v) is 5.21. The third-order valence-corrected chi connectivity index (χ3v) is 7.36. The largest absolute Gasteiger partial charge is 0.573 e. The van der Waals surface area contributed by atoms with Gasteiger partial charge >= 0.3 is 6.36 Å². The summed E-state index contributed by atoms with van der Waals surface area (Å²) in [5.74, 6) is -1.08. The highest BCUT2D eigenvalue weighted by atomic mass is 32.2. The smallest absolute Gasteiger partial charge is 0.406 e. The van der Waals surface area contributed by atoms with Crippen molar-refractivity contribution >= 4 is 38.8 Å². The highest BCUT2D eigenvalue weighted by Gasteiger charge is 2.31. The minimum atomic E-state index is -4.82. The first kappa shape index (κ1) is 28.5. The van der Waals surface area contributed by atoms with Gasteiger partial charge in [0.15, 0.2) is 21.2 Å². The monoisotopic (exact) mass is 587 g/mol. The Hall–Kier alpha value is -4.48. The van der Waals surface area contributed by atoms with Gasteiger partial charge in [0.25, 0.3) is 5.91 Å². The molecule has 1 unspecified atom stereocenters. The summed E-state index contributed by atoms with van der Waals surface area (Å²) in [4.78, 5) is 23.7. The van der Waals surface area contributed by atoms with Gasteiger partial charge in [-0.2, -0.15) is 5.26 Å². The Kier molecular flexibility index (Phi) is 8.66. The molecule has 1 amide bonds. The maximum Gasteiger partial charge on any atom is 0.573 e. The molecule has 0 spiro atoms. The molecule has 14 heteroatoms. The number of hydrogen-bond acceptors (Lipinski definition) is 9. The van der Waals surface area contributed by atoms with Gasteiger partial charge < -0.3 is 15.0 Å². The molecule has 206 valence electrons. The van der Waals surface area contributed by atoms with E-state index in [1.165, 1.54) is 54.1 Å². The van der Waals surface area contributed by atoms with E-state index in [0.717, 1.165) is 0 Å². The van der Waals surface area contributed by atoms with Gasteiger partial charge in [-0.25, -0.2) is 13.4 Å². The van der Waals surface area contributed by atoms with Crippen LogP contribution >= 0.6 is 11.3 Å². The van der Waals surface area contributed by atoms with E-state index in [1.54, 1.807) is 42.2 Å². The number of anilines is 2. The van der Waals surface area contributed by atoms with Gasteiger partial charge in [-0.3, -0.25) is 9.78 Å². The van der Waals surface area contributed by atoms with Crippen molar-refractivity contribution < 1.29 is 31.1 Å². The molecule has 0 fully saturated rings. The van der Waals surface area contributed by atoms with Crippen LogP contribution in [-0.4, -0.2) is 30.7 Å². The Bertz CT molecular complexity index is 1590. The quantitative estimate of drug-likeness (QED) is 0.262. The van der Waals surface area contributed by atoms with Crippen LogP contribution in [0, 0.1) is 18.3 Å². The van der Waals surface area contributed by atoms with Crippen molar-refractivity contribution in [3.8, 4) is 11.8 Å². The molecule has 1 N–H and O–H groups in total. The van der Waals surface area contributed by atoms with Crippen LogP contribution in [0.2, 0.25) is 0 Å². The first-order valence-corrected chi connectivity index (χ1v) is 13.5. The Balaban J connectivity index is 1.64. The van der Waals surface area contributed by atoms with Crippen molar-refractivity contribution in [2.45, 2.75) is 25.2 Å². The summed E-state index contributed by atoms with van der Waals surface area (Å²) in [7, 11) is -3.08. The van der Waals surface area contributed by atoms with Crippen molar-refractivity contribution in [3.05, 3.63) is 100 Å². The number of nitriles is 1. The van der Waals surface area contributed by atoms with Crippen LogP contribution in [0.1, 0.15) is 37.4 Å². The number of benzene rings is 2. The Labute approximate surface area is 232 Å². The van der Waals surface area contributed by atoms with Crippen LogP contribution in [0.3, 0.4) is 0 Å². The molecule has 0 bridgehead atoms. The number of thiol groups is 1. The number of thiazole rings is 1. The minimum absolute atomic E-state index is 0.0123. The van der Waals surface area contributed by atoms with Gasteiger partial charge in [-0.15, -0.1) is 24.5 Å². The molecule has 1 atom stereocenters. The molecule has 2 aromatic heterocycles. The second kappa shape index (κ2) is 12.1. The molecule has 0 saturated carbocycles. The van der Waals surface area contributed by atoms with Crippen molar-refractivity contribution in [3.63, 3.8) is 0 Å². The normalized spacial score (nSPS) is 12.0. The number of rotatable bonds is 9. The number of nitrogens with zero attached hydrogens (tertiary/aromatic N) is 4. The van der Waals surface area contributed by atoms with E-state index in [0.29, 0.717) is 26.8 Å². The third-order valence-electron chi connectivity index (χ3n) is 5.52. The van der Waals surface area contributed by atoms with Crippen LogP contribution in [0.25, 0.3) is 0 Å². The zero-order valence-electron chi connectivity index (χ0n) is 20.6. The molecule has 2 aromatic carbocycles. The molecule has 0 aliphatic carbocycles. The molecule has 40 heavy (non-hydrogen) atoms. The van der Waals surface area contributed by atoms with Crippen LogP contribution < -0.4 is 15.0 Å². The summed E-state index contributed by atoms with van der Waals surface area (Å²) in [6.07, 6.45) is -2.00. The van der Waals surface area contributed by atoms with E-state index in [-0.39, 0.29) is 23.6 Å². The summed E-state index contributed by atoms with van der Waals surface area (Å²) >= 11 is 1.17. The molecule has 2 heterocycles. The van der Waals surface area contributed by atoms with E-state index in [2.05, 4.69) is 20.0 Å². The van der Waals surface area contributed by atoms with E-state index >= 15 is 0 Å². The number of amides is 1. The summed E-state index contributed by atoms with van der Waals surface area (Å²) < 4.78 is 65.4. The number of halogens is 3. The van der Waals surface area contributed by atoms with Crippen molar-refractivity contribution in [1.29, 1.82) is 5.26 Å². The fraction of sp³-hybridized carbons (Fsp3) is 0.154. The van der Waals surface area contributed by atoms with Crippen molar-refractivity contribution in [2.75, 3.05) is 4.90 Å². The van der Waals surface area contributed by atoms with Crippen LogP contribution in [0.5, 0.6) is 5.75 Å². The minimum Gasteiger partial charge on any atom is -0.406 e. The topological polar surface area (TPSA) is 125 Å². The van der Waals surface area contributed by atoms with Gasteiger partial charge in [0.05, 0.1) is 18.2 Å². The molecule has 0 radical (unpaired) electrons. The predicted octanol–water partition coefficient (Wildman–Crippen LogP) is 5.00. The van der Waals surface area contributed by atoms with E-state index in [1.807, 2.05) is 6.07 Å². The lowest BCUT2D eigenvalue weighted by Gasteiger charge is -2.22. The first-order valence-electron chi connectivity index (χ1n) is 11.5.